The smallest absolute Gasteiger partial charge is 0.102 e. The summed E-state index contributed by atoms with van der Waals surface area (Å²) in [6.45, 7) is 22.1. The molecule has 302 valence electrons. The zero-order chi connectivity index (χ0) is 42.4. The van der Waals surface area contributed by atoms with Crippen molar-refractivity contribution in [3.8, 4) is 44.8 Å². The van der Waals surface area contributed by atoms with Crippen molar-refractivity contribution in [3.63, 3.8) is 0 Å². The number of aromatic nitrogens is 2. The molecule has 61 heavy (non-hydrogen) atoms. The van der Waals surface area contributed by atoms with Crippen LogP contribution in [0.5, 0.6) is 0 Å². The summed E-state index contributed by atoms with van der Waals surface area (Å²) in [6.07, 6.45) is 4.03. The van der Waals surface area contributed by atoms with Crippen molar-refractivity contribution in [1.82, 2.24) is 9.97 Å². The molecule has 1 spiro atoms. The third-order valence-corrected chi connectivity index (χ3v) is 15.3. The highest BCUT2D eigenvalue weighted by atomic mass is 15.3. The van der Waals surface area contributed by atoms with Crippen LogP contribution in [0.4, 0.5) is 11.4 Å². The fourth-order valence-electron chi connectivity index (χ4n) is 11.2. The van der Waals surface area contributed by atoms with Crippen LogP contribution in [0, 0.1) is 0 Å². The molecule has 2 aromatic heterocycles. The predicted octanol–water partition coefficient (Wildman–Crippen LogP) is 12.9. The summed E-state index contributed by atoms with van der Waals surface area (Å²) in [5.41, 5.74) is 15.4. The lowest BCUT2D eigenvalue weighted by Gasteiger charge is -2.41. The first kappa shape index (κ1) is 37.6. The topological polar surface area (TPSA) is 57.0 Å². The molecule has 0 N–H and O–H groups in total. The predicted molar refractivity (Wildman–Crippen MR) is 254 cm³/mol. The second-order valence-corrected chi connectivity index (χ2v) is 19.6. The first-order valence-electron chi connectivity index (χ1n) is 21.6. The molecule has 0 fully saturated rings. The molecular formula is C55H52N6. The van der Waals surface area contributed by atoms with Crippen LogP contribution in [0.2, 0.25) is 0 Å². The normalized spacial score (nSPS) is 19.1. The monoisotopic (exact) mass is 796 g/mol. The lowest BCUT2D eigenvalue weighted by Crippen LogP contribution is -2.53. The molecular weight excluding hydrogens is 745 g/mol. The van der Waals surface area contributed by atoms with Gasteiger partial charge in [0.1, 0.15) is 11.7 Å². The molecule has 0 amide bonds. The Morgan fingerprint density at radius 2 is 0.918 bits per heavy atom. The van der Waals surface area contributed by atoms with E-state index < -0.39 is 5.41 Å². The van der Waals surface area contributed by atoms with E-state index in [0.29, 0.717) is 0 Å². The van der Waals surface area contributed by atoms with Gasteiger partial charge in [0.15, 0.2) is 0 Å². The summed E-state index contributed by atoms with van der Waals surface area (Å²) in [6, 6.07) is 45.4. The van der Waals surface area contributed by atoms with E-state index in [2.05, 4.69) is 200 Å². The largest absolute Gasteiger partial charge is 0.321 e. The van der Waals surface area contributed by atoms with Gasteiger partial charge in [0.25, 0.3) is 0 Å². The van der Waals surface area contributed by atoms with Gasteiger partial charge in [-0.2, -0.15) is 0 Å². The molecule has 7 aromatic rings. The van der Waals surface area contributed by atoms with Gasteiger partial charge in [-0.25, -0.2) is 0 Å². The van der Waals surface area contributed by atoms with E-state index in [1.165, 1.54) is 55.3 Å². The van der Waals surface area contributed by atoms with Gasteiger partial charge in [0.05, 0.1) is 62.7 Å². The maximum absolute atomic E-state index is 5.14. The van der Waals surface area contributed by atoms with E-state index in [0.717, 1.165) is 45.6 Å². The molecule has 2 aliphatic heterocycles. The molecule has 4 aliphatic rings. The van der Waals surface area contributed by atoms with Crippen molar-refractivity contribution < 1.29 is 0 Å². The van der Waals surface area contributed by atoms with Crippen molar-refractivity contribution in [3.05, 3.63) is 156 Å². The molecule has 0 unspecified atom stereocenters. The van der Waals surface area contributed by atoms with Crippen LogP contribution in [0.1, 0.15) is 91.5 Å². The SMILES string of the molecule is CC1=NC(C)(C)C(C)(C)N1c1ccc(-c2ccc3c(c2)C2(c4ccccc4-c4ccccc42)c2c-3ccc3cc(-c4ccc(N5C(C)=NC(C)(C)C5(C)C)cn4)ccc23)nc1. The van der Waals surface area contributed by atoms with Crippen LogP contribution in [0.15, 0.2) is 144 Å². The highest BCUT2D eigenvalue weighted by molar-refractivity contribution is 6.05. The number of rotatable bonds is 4. The molecule has 6 nitrogen and oxygen atoms in total. The van der Waals surface area contributed by atoms with Gasteiger partial charge in [-0.15, -0.1) is 0 Å². The summed E-state index contributed by atoms with van der Waals surface area (Å²) in [5.74, 6) is 2.04. The van der Waals surface area contributed by atoms with Gasteiger partial charge in [0.2, 0.25) is 0 Å². The fourth-order valence-corrected chi connectivity index (χ4v) is 11.2. The molecule has 0 saturated heterocycles. The van der Waals surface area contributed by atoms with E-state index in [-0.39, 0.29) is 22.2 Å². The van der Waals surface area contributed by atoms with Crippen LogP contribution >= 0.6 is 0 Å². The van der Waals surface area contributed by atoms with Gasteiger partial charge < -0.3 is 9.80 Å². The summed E-state index contributed by atoms with van der Waals surface area (Å²) >= 11 is 0. The van der Waals surface area contributed by atoms with Crippen LogP contribution in [0.25, 0.3) is 55.5 Å². The van der Waals surface area contributed by atoms with Crippen molar-refractivity contribution in [2.24, 2.45) is 9.98 Å². The molecule has 11 rings (SSSR count). The number of nitrogens with zero attached hydrogens (tertiary/aromatic N) is 6. The van der Waals surface area contributed by atoms with Crippen LogP contribution in [-0.4, -0.2) is 43.8 Å². The van der Waals surface area contributed by atoms with E-state index >= 15 is 0 Å². The molecule has 2 aliphatic carbocycles. The maximum atomic E-state index is 5.14. The number of hydrogen-bond acceptors (Lipinski definition) is 6. The standard InChI is InChI=1S/C55H52N6/c1-33-58-51(3,4)53(7,8)60(33)38-22-27-48(56-31-38)36-20-24-40-35(29-36)19-26-44-43-25-21-37(49-28-23-39(32-57-49)61-34(2)59-52(5,6)54(61,9)10)30-47(43)55(50(40)44)45-17-13-11-15-41(45)42-16-12-14-18-46(42)55/h11-32H,1-10H3. The molecule has 6 heteroatoms. The number of fused-ring (bicyclic) bond motifs is 12. The van der Waals surface area contributed by atoms with Crippen molar-refractivity contribution in [2.75, 3.05) is 9.80 Å². The minimum atomic E-state index is -0.511. The lowest BCUT2D eigenvalue weighted by molar-refractivity contribution is 0.338. The molecule has 0 bridgehead atoms. The number of amidine groups is 2. The Hall–Kier alpha value is -6.40. The summed E-state index contributed by atoms with van der Waals surface area (Å²) in [5, 5.41) is 2.46. The number of aliphatic imine (C=N–C) groups is 2. The Morgan fingerprint density at radius 1 is 0.443 bits per heavy atom. The number of pyridine rings is 2. The Kier molecular flexibility index (Phi) is 7.61. The number of anilines is 2. The van der Waals surface area contributed by atoms with E-state index in [1.807, 2.05) is 12.4 Å². The van der Waals surface area contributed by atoms with E-state index in [9.17, 15) is 0 Å². The molecule has 4 heterocycles. The van der Waals surface area contributed by atoms with Crippen LogP contribution in [0.3, 0.4) is 0 Å². The Labute approximate surface area is 359 Å². The second kappa shape index (κ2) is 12.3. The third kappa shape index (κ3) is 4.90. The van der Waals surface area contributed by atoms with E-state index in [1.54, 1.807) is 0 Å². The number of hydrogen-bond donors (Lipinski definition) is 0. The van der Waals surface area contributed by atoms with Gasteiger partial charge in [-0.1, -0.05) is 84.9 Å². The molecule has 0 saturated carbocycles. The van der Waals surface area contributed by atoms with Gasteiger partial charge >= 0.3 is 0 Å². The summed E-state index contributed by atoms with van der Waals surface area (Å²) in [7, 11) is 0. The zero-order valence-electron chi connectivity index (χ0n) is 36.9. The minimum absolute atomic E-state index is 0.173. The van der Waals surface area contributed by atoms with Crippen LogP contribution < -0.4 is 9.80 Å². The third-order valence-electron chi connectivity index (χ3n) is 15.3. The minimum Gasteiger partial charge on any atom is -0.321 e. The Balaban J connectivity index is 1.04. The average Bonchev–Trinajstić information content (AvgIpc) is 3.82. The fraction of sp³-hybridized carbons (Fsp3) is 0.273. The zero-order valence-corrected chi connectivity index (χ0v) is 36.9. The molecule has 0 atom stereocenters. The van der Waals surface area contributed by atoms with Crippen molar-refractivity contribution >= 4 is 33.8 Å². The number of benzene rings is 5. The highest BCUT2D eigenvalue weighted by Gasteiger charge is 2.53. The second-order valence-electron chi connectivity index (χ2n) is 19.6. The van der Waals surface area contributed by atoms with Gasteiger partial charge in [-0.05, 0) is 161 Å². The lowest BCUT2D eigenvalue weighted by atomic mass is 9.69. The molecule has 0 radical (unpaired) electrons. The Bertz CT molecular complexity index is 3010. The van der Waals surface area contributed by atoms with Gasteiger partial charge in [0, 0.05) is 11.1 Å². The highest BCUT2D eigenvalue weighted by Crippen LogP contribution is 2.64. The summed E-state index contributed by atoms with van der Waals surface area (Å²) in [4.78, 5) is 24.9. The first-order valence-corrected chi connectivity index (χ1v) is 21.6. The quantitative estimate of drug-likeness (QED) is 0.178. The van der Waals surface area contributed by atoms with Crippen LogP contribution in [-0.2, 0) is 5.41 Å². The van der Waals surface area contributed by atoms with Crippen molar-refractivity contribution in [1.29, 1.82) is 0 Å². The van der Waals surface area contributed by atoms with E-state index in [4.69, 9.17) is 20.0 Å². The Morgan fingerprint density at radius 3 is 1.41 bits per heavy atom. The maximum Gasteiger partial charge on any atom is 0.102 e. The summed E-state index contributed by atoms with van der Waals surface area (Å²) < 4.78 is 0. The molecule has 5 aromatic carbocycles. The van der Waals surface area contributed by atoms with Gasteiger partial charge in [-0.3, -0.25) is 20.0 Å². The van der Waals surface area contributed by atoms with Crippen molar-refractivity contribution in [2.45, 2.75) is 96.8 Å². The first-order chi connectivity index (χ1) is 29.1. The average molecular weight is 797 g/mol.